The summed E-state index contributed by atoms with van der Waals surface area (Å²) in [6.45, 7) is 0. The topological polar surface area (TPSA) is 76.4 Å². The lowest BCUT2D eigenvalue weighted by Crippen LogP contribution is -2.11. The second-order valence-electron chi connectivity index (χ2n) is 5.42. The van der Waals surface area contributed by atoms with Gasteiger partial charge in [0, 0.05) is 8.95 Å². The summed E-state index contributed by atoms with van der Waals surface area (Å²) in [7, 11) is -3.53. The summed E-state index contributed by atoms with van der Waals surface area (Å²) in [6, 6.07) is 16.4. The molecule has 3 aromatic rings. The summed E-state index contributed by atoms with van der Waals surface area (Å²) in [6.07, 6.45) is 0. The molecule has 0 aliphatic heterocycles. The Morgan fingerprint density at radius 2 is 1.73 bits per heavy atom. The van der Waals surface area contributed by atoms with Crippen LogP contribution < -0.4 is 5.32 Å². The van der Waals surface area contributed by atoms with E-state index in [1.807, 2.05) is 0 Å². The lowest BCUT2D eigenvalue weighted by atomic mass is 10.3. The number of benzene rings is 2. The highest BCUT2D eigenvalue weighted by Crippen LogP contribution is 2.27. The molecule has 0 spiro atoms. The van der Waals surface area contributed by atoms with E-state index in [4.69, 9.17) is 4.42 Å². The first-order chi connectivity index (χ1) is 12.3. The third kappa shape index (κ3) is 4.44. The van der Waals surface area contributed by atoms with Gasteiger partial charge in [0.2, 0.25) is 0 Å². The van der Waals surface area contributed by atoms with Crippen LogP contribution in [-0.4, -0.2) is 14.3 Å². The number of hydrogen-bond acceptors (Lipinski definition) is 4. The largest absolute Gasteiger partial charge is 0.455 e. The molecular formula is C18H13Br2NO4S. The van der Waals surface area contributed by atoms with E-state index in [1.165, 1.54) is 24.3 Å². The predicted octanol–water partition coefficient (Wildman–Crippen LogP) is 5.03. The highest BCUT2D eigenvalue weighted by atomic mass is 79.9. The van der Waals surface area contributed by atoms with Gasteiger partial charge < -0.3 is 9.73 Å². The van der Waals surface area contributed by atoms with E-state index >= 15 is 0 Å². The Bertz CT molecular complexity index is 1050. The molecule has 1 aromatic heterocycles. The minimum Gasteiger partial charge on any atom is -0.455 e. The molecule has 0 aliphatic carbocycles. The van der Waals surface area contributed by atoms with Crippen molar-refractivity contribution in [1.29, 1.82) is 0 Å². The van der Waals surface area contributed by atoms with Gasteiger partial charge in [-0.05, 0) is 58.4 Å². The van der Waals surface area contributed by atoms with Gasteiger partial charge in [-0.3, -0.25) is 4.79 Å². The fourth-order valence-electron chi connectivity index (χ4n) is 2.25. The summed E-state index contributed by atoms with van der Waals surface area (Å²) >= 11 is 6.70. The second kappa shape index (κ2) is 7.77. The highest BCUT2D eigenvalue weighted by Gasteiger charge is 2.19. The smallest absolute Gasteiger partial charge is 0.291 e. The molecule has 26 heavy (non-hydrogen) atoms. The number of carbonyl (C=O) groups excluding carboxylic acids is 1. The van der Waals surface area contributed by atoms with Crippen molar-refractivity contribution in [2.45, 2.75) is 10.6 Å². The Kier molecular flexibility index (Phi) is 5.64. The van der Waals surface area contributed by atoms with Crippen molar-refractivity contribution < 1.29 is 17.6 Å². The SMILES string of the molecule is O=C(Nc1ccc(Br)cc1Br)c1ccc(CS(=O)(=O)c2ccccc2)o1. The van der Waals surface area contributed by atoms with Gasteiger partial charge in [-0.15, -0.1) is 0 Å². The van der Waals surface area contributed by atoms with Gasteiger partial charge in [0.05, 0.1) is 10.6 Å². The van der Waals surface area contributed by atoms with Crippen LogP contribution in [0.25, 0.3) is 0 Å². The first-order valence-electron chi connectivity index (χ1n) is 7.48. The molecule has 1 heterocycles. The number of carbonyl (C=O) groups is 1. The zero-order valence-electron chi connectivity index (χ0n) is 13.3. The molecule has 1 amide bonds. The molecule has 0 fully saturated rings. The maximum Gasteiger partial charge on any atom is 0.291 e. The molecule has 3 rings (SSSR count). The van der Waals surface area contributed by atoms with E-state index in [-0.39, 0.29) is 22.2 Å². The van der Waals surface area contributed by atoms with E-state index < -0.39 is 15.7 Å². The molecule has 0 saturated carbocycles. The maximum absolute atomic E-state index is 12.4. The molecule has 0 bridgehead atoms. The fraction of sp³-hybridized carbons (Fsp3) is 0.0556. The summed E-state index contributed by atoms with van der Waals surface area (Å²) in [5.74, 6) is -0.532. The van der Waals surface area contributed by atoms with Gasteiger partial charge in [-0.2, -0.15) is 0 Å². The van der Waals surface area contributed by atoms with Gasteiger partial charge in [0.25, 0.3) is 5.91 Å². The zero-order chi connectivity index (χ0) is 18.7. The highest BCUT2D eigenvalue weighted by molar-refractivity contribution is 9.11. The van der Waals surface area contributed by atoms with Gasteiger partial charge in [-0.1, -0.05) is 34.1 Å². The molecule has 1 N–H and O–H groups in total. The van der Waals surface area contributed by atoms with Crippen molar-refractivity contribution in [1.82, 2.24) is 0 Å². The lowest BCUT2D eigenvalue weighted by Gasteiger charge is -2.06. The lowest BCUT2D eigenvalue weighted by molar-refractivity contribution is 0.0995. The summed E-state index contributed by atoms with van der Waals surface area (Å²) in [4.78, 5) is 12.5. The van der Waals surface area contributed by atoms with Crippen LogP contribution in [0.2, 0.25) is 0 Å². The van der Waals surface area contributed by atoms with E-state index in [1.54, 1.807) is 36.4 Å². The summed E-state index contributed by atoms with van der Waals surface area (Å²) in [5.41, 5.74) is 0.577. The number of amides is 1. The number of sulfone groups is 1. The van der Waals surface area contributed by atoms with Crippen molar-refractivity contribution in [3.8, 4) is 0 Å². The average molecular weight is 499 g/mol. The minimum atomic E-state index is -3.53. The van der Waals surface area contributed by atoms with Crippen molar-refractivity contribution >= 4 is 53.3 Å². The van der Waals surface area contributed by atoms with Crippen LogP contribution in [0, 0.1) is 0 Å². The second-order valence-corrected chi connectivity index (χ2v) is 9.18. The van der Waals surface area contributed by atoms with E-state index in [2.05, 4.69) is 37.2 Å². The molecule has 0 saturated heterocycles. The molecule has 0 atom stereocenters. The van der Waals surface area contributed by atoms with Crippen molar-refractivity contribution in [3.63, 3.8) is 0 Å². The number of anilines is 1. The van der Waals surface area contributed by atoms with Crippen LogP contribution in [0.4, 0.5) is 5.69 Å². The Hall–Kier alpha value is -1.90. The molecule has 8 heteroatoms. The normalized spacial score (nSPS) is 11.3. The Morgan fingerprint density at radius 1 is 1.00 bits per heavy atom. The van der Waals surface area contributed by atoms with Crippen LogP contribution in [0.3, 0.4) is 0 Å². The van der Waals surface area contributed by atoms with Crippen LogP contribution >= 0.6 is 31.9 Å². The Labute approximate surface area is 167 Å². The third-order valence-electron chi connectivity index (χ3n) is 3.50. The van der Waals surface area contributed by atoms with Gasteiger partial charge in [0.1, 0.15) is 11.5 Å². The number of nitrogens with one attached hydrogen (secondary N) is 1. The van der Waals surface area contributed by atoms with E-state index in [0.29, 0.717) is 10.2 Å². The van der Waals surface area contributed by atoms with Crippen LogP contribution in [-0.2, 0) is 15.6 Å². The molecule has 0 unspecified atom stereocenters. The molecule has 2 aromatic carbocycles. The van der Waals surface area contributed by atoms with E-state index in [0.717, 1.165) is 4.47 Å². The fourth-order valence-corrected chi connectivity index (χ4v) is 4.67. The monoisotopic (exact) mass is 497 g/mol. The maximum atomic E-state index is 12.4. The van der Waals surface area contributed by atoms with Gasteiger partial charge in [-0.25, -0.2) is 8.42 Å². The van der Waals surface area contributed by atoms with Crippen LogP contribution in [0.15, 0.2) is 78.9 Å². The standard InChI is InChI=1S/C18H13Br2NO4S/c19-12-6-8-16(15(20)10-12)21-18(22)17-9-7-13(25-17)11-26(23,24)14-4-2-1-3-5-14/h1-10H,11H2,(H,21,22). The first-order valence-corrected chi connectivity index (χ1v) is 10.7. The summed E-state index contributed by atoms with van der Waals surface area (Å²) in [5, 5.41) is 2.71. The third-order valence-corrected chi connectivity index (χ3v) is 6.30. The zero-order valence-corrected chi connectivity index (χ0v) is 17.3. The van der Waals surface area contributed by atoms with Crippen molar-refractivity contribution in [2.75, 3.05) is 5.32 Å². The Balaban J connectivity index is 1.74. The predicted molar refractivity (Wildman–Crippen MR) is 106 cm³/mol. The van der Waals surface area contributed by atoms with Gasteiger partial charge >= 0.3 is 0 Å². The van der Waals surface area contributed by atoms with Crippen molar-refractivity contribution in [2.24, 2.45) is 0 Å². The minimum absolute atomic E-state index is 0.0399. The quantitative estimate of drug-likeness (QED) is 0.535. The number of hydrogen-bond donors (Lipinski definition) is 1. The molecular weight excluding hydrogens is 486 g/mol. The molecule has 0 aliphatic rings. The number of furan rings is 1. The Morgan fingerprint density at radius 3 is 2.42 bits per heavy atom. The van der Waals surface area contributed by atoms with Crippen LogP contribution in [0.1, 0.15) is 16.3 Å². The van der Waals surface area contributed by atoms with E-state index in [9.17, 15) is 13.2 Å². The van der Waals surface area contributed by atoms with Crippen LogP contribution in [0.5, 0.6) is 0 Å². The molecule has 5 nitrogen and oxygen atoms in total. The number of halogens is 2. The van der Waals surface area contributed by atoms with Gasteiger partial charge in [0.15, 0.2) is 15.6 Å². The first kappa shape index (κ1) is 18.9. The number of rotatable bonds is 5. The van der Waals surface area contributed by atoms with Crippen molar-refractivity contribution in [3.05, 3.63) is 81.1 Å². The molecule has 134 valence electrons. The molecule has 0 radical (unpaired) electrons. The average Bonchev–Trinajstić information content (AvgIpc) is 3.06. The summed E-state index contributed by atoms with van der Waals surface area (Å²) < 4.78 is 31.8.